The zero-order valence-corrected chi connectivity index (χ0v) is 12.9. The number of hydrogen-bond acceptors (Lipinski definition) is 3. The Morgan fingerprint density at radius 2 is 2.14 bits per heavy atom. The van der Waals surface area contributed by atoms with Crippen LogP contribution in [0.5, 0.6) is 5.75 Å². The number of hydrogen-bond donors (Lipinski definition) is 1. The van der Waals surface area contributed by atoms with Crippen molar-refractivity contribution in [3.63, 3.8) is 0 Å². The van der Waals surface area contributed by atoms with Crippen LogP contribution in [0.2, 0.25) is 0 Å². The molecule has 4 heteroatoms. The predicted molar refractivity (Wildman–Crippen MR) is 82.7 cm³/mol. The Hall–Kier alpha value is -1.55. The number of ether oxygens (including phenoxy) is 2. The molecule has 0 radical (unpaired) electrons. The quantitative estimate of drug-likeness (QED) is 0.820. The molecule has 0 heterocycles. The summed E-state index contributed by atoms with van der Waals surface area (Å²) >= 11 is 0. The lowest BCUT2D eigenvalue weighted by molar-refractivity contribution is -0.00293. The van der Waals surface area contributed by atoms with Crippen LogP contribution in [0.1, 0.15) is 43.0 Å². The monoisotopic (exact) mass is 291 g/mol. The molecule has 1 fully saturated rings. The fraction of sp³-hybridized carbons (Fsp3) is 0.588. The lowest BCUT2D eigenvalue weighted by atomic mass is 9.88. The number of benzene rings is 1. The van der Waals surface area contributed by atoms with E-state index in [1.807, 2.05) is 12.1 Å². The Morgan fingerprint density at radius 1 is 1.33 bits per heavy atom. The van der Waals surface area contributed by atoms with Crippen molar-refractivity contribution in [3.05, 3.63) is 29.8 Å². The van der Waals surface area contributed by atoms with E-state index in [9.17, 15) is 4.79 Å². The highest BCUT2D eigenvalue weighted by atomic mass is 16.5. The second-order valence-corrected chi connectivity index (χ2v) is 5.66. The molecule has 0 spiro atoms. The van der Waals surface area contributed by atoms with Gasteiger partial charge in [-0.3, -0.25) is 4.79 Å². The number of carbonyl (C=O) groups excluding carboxylic acids is 1. The molecule has 2 atom stereocenters. The van der Waals surface area contributed by atoms with Crippen molar-refractivity contribution in [2.75, 3.05) is 20.3 Å². The molecular weight excluding hydrogens is 266 g/mol. The normalized spacial score (nSPS) is 21.8. The maximum atomic E-state index is 12.0. The van der Waals surface area contributed by atoms with Crippen molar-refractivity contribution >= 4 is 5.91 Å². The molecule has 1 aliphatic carbocycles. The van der Waals surface area contributed by atoms with E-state index < -0.39 is 0 Å². The highest BCUT2D eigenvalue weighted by Gasteiger charge is 2.21. The number of amides is 1. The van der Waals surface area contributed by atoms with E-state index in [1.54, 1.807) is 19.2 Å². The summed E-state index contributed by atoms with van der Waals surface area (Å²) in [6.07, 6.45) is 5.32. The second-order valence-electron chi connectivity index (χ2n) is 5.66. The Bertz CT molecular complexity index is 461. The van der Waals surface area contributed by atoms with Crippen molar-refractivity contribution in [3.8, 4) is 5.75 Å². The molecule has 1 aromatic rings. The average Bonchev–Trinajstić information content (AvgIpc) is 2.53. The first kappa shape index (κ1) is 15.8. The lowest BCUT2D eigenvalue weighted by Crippen LogP contribution is -2.31. The van der Waals surface area contributed by atoms with Gasteiger partial charge in [-0.15, -0.1) is 0 Å². The van der Waals surface area contributed by atoms with Gasteiger partial charge in [0.2, 0.25) is 0 Å². The van der Waals surface area contributed by atoms with Crippen molar-refractivity contribution in [1.29, 1.82) is 0 Å². The summed E-state index contributed by atoms with van der Waals surface area (Å²) in [6, 6.07) is 7.15. The summed E-state index contributed by atoms with van der Waals surface area (Å²) in [6.45, 7) is 3.36. The fourth-order valence-corrected chi connectivity index (χ4v) is 2.77. The zero-order valence-electron chi connectivity index (χ0n) is 12.9. The van der Waals surface area contributed by atoms with E-state index >= 15 is 0 Å². The molecule has 0 aromatic heterocycles. The largest absolute Gasteiger partial charge is 0.497 e. The summed E-state index contributed by atoms with van der Waals surface area (Å²) < 4.78 is 11.0. The molecule has 1 aliphatic rings. The van der Waals surface area contributed by atoms with Crippen LogP contribution in [0.15, 0.2) is 24.3 Å². The molecule has 0 saturated heterocycles. The van der Waals surface area contributed by atoms with Gasteiger partial charge in [0, 0.05) is 12.1 Å². The maximum Gasteiger partial charge on any atom is 0.251 e. The summed E-state index contributed by atoms with van der Waals surface area (Å²) in [7, 11) is 1.59. The van der Waals surface area contributed by atoms with Crippen LogP contribution in [0.3, 0.4) is 0 Å². The molecule has 4 nitrogen and oxygen atoms in total. The Balaban J connectivity index is 1.71. The van der Waals surface area contributed by atoms with Crippen LogP contribution in [-0.4, -0.2) is 32.3 Å². The molecule has 0 unspecified atom stereocenters. The first-order valence-corrected chi connectivity index (χ1v) is 7.74. The lowest BCUT2D eigenvalue weighted by Gasteiger charge is -2.28. The molecule has 1 saturated carbocycles. The molecule has 2 rings (SSSR count). The molecule has 1 amide bonds. The van der Waals surface area contributed by atoms with E-state index in [-0.39, 0.29) is 5.91 Å². The van der Waals surface area contributed by atoms with Crippen molar-refractivity contribution in [2.45, 2.75) is 38.7 Å². The molecular formula is C17H25NO3. The smallest absolute Gasteiger partial charge is 0.251 e. The number of carbonyl (C=O) groups is 1. The number of nitrogens with one attached hydrogen (secondary N) is 1. The molecule has 0 aliphatic heterocycles. The summed E-state index contributed by atoms with van der Waals surface area (Å²) in [5.41, 5.74) is 0.611. The SMILES string of the molecule is COc1cccc(C(=O)NCCO[C@H]2CCCC[C@@H]2C)c1. The third kappa shape index (κ3) is 4.74. The van der Waals surface area contributed by atoms with Gasteiger partial charge < -0.3 is 14.8 Å². The van der Waals surface area contributed by atoms with Crippen LogP contribution in [0.4, 0.5) is 0 Å². The van der Waals surface area contributed by atoms with Crippen LogP contribution >= 0.6 is 0 Å². The summed E-state index contributed by atoms with van der Waals surface area (Å²) in [5.74, 6) is 1.23. The van der Waals surface area contributed by atoms with Gasteiger partial charge in [0.15, 0.2) is 0 Å². The van der Waals surface area contributed by atoms with Crippen LogP contribution < -0.4 is 10.1 Å². The van der Waals surface area contributed by atoms with E-state index in [0.29, 0.717) is 36.5 Å². The van der Waals surface area contributed by atoms with E-state index in [2.05, 4.69) is 12.2 Å². The van der Waals surface area contributed by atoms with Gasteiger partial charge in [0.1, 0.15) is 5.75 Å². The predicted octanol–water partition coefficient (Wildman–Crippen LogP) is 3.02. The summed E-state index contributed by atoms with van der Waals surface area (Å²) in [4.78, 5) is 12.0. The molecule has 1 N–H and O–H groups in total. The van der Waals surface area contributed by atoms with Crippen LogP contribution in [0, 0.1) is 5.92 Å². The van der Waals surface area contributed by atoms with Gasteiger partial charge in [-0.25, -0.2) is 0 Å². The molecule has 0 bridgehead atoms. The Labute approximate surface area is 126 Å². The number of methoxy groups -OCH3 is 1. The highest BCUT2D eigenvalue weighted by Crippen LogP contribution is 2.25. The zero-order chi connectivity index (χ0) is 15.1. The van der Waals surface area contributed by atoms with Gasteiger partial charge in [-0.1, -0.05) is 25.8 Å². The van der Waals surface area contributed by atoms with Gasteiger partial charge in [-0.05, 0) is 37.0 Å². The first-order chi connectivity index (χ1) is 10.2. The minimum atomic E-state index is -0.0887. The highest BCUT2D eigenvalue weighted by molar-refractivity contribution is 5.94. The molecule has 1 aromatic carbocycles. The van der Waals surface area contributed by atoms with E-state index in [4.69, 9.17) is 9.47 Å². The van der Waals surface area contributed by atoms with Crippen LogP contribution in [0.25, 0.3) is 0 Å². The standard InChI is InChI=1S/C17H25NO3/c1-13-6-3-4-9-16(13)21-11-10-18-17(19)14-7-5-8-15(12-14)20-2/h5,7-8,12-13,16H,3-4,6,9-11H2,1-2H3,(H,18,19)/t13-,16-/m0/s1. The van der Waals surface area contributed by atoms with Crippen molar-refractivity contribution in [1.82, 2.24) is 5.32 Å². The minimum absolute atomic E-state index is 0.0887. The average molecular weight is 291 g/mol. The summed E-state index contributed by atoms with van der Waals surface area (Å²) in [5, 5.41) is 2.89. The first-order valence-electron chi connectivity index (χ1n) is 7.74. The number of rotatable bonds is 6. The van der Waals surface area contributed by atoms with Crippen molar-refractivity contribution < 1.29 is 14.3 Å². The fourth-order valence-electron chi connectivity index (χ4n) is 2.77. The second kappa shape index (κ2) is 8.03. The Morgan fingerprint density at radius 3 is 2.90 bits per heavy atom. The third-order valence-corrected chi connectivity index (χ3v) is 4.08. The molecule has 21 heavy (non-hydrogen) atoms. The maximum absolute atomic E-state index is 12.0. The minimum Gasteiger partial charge on any atom is -0.497 e. The van der Waals surface area contributed by atoms with Gasteiger partial charge in [0.25, 0.3) is 5.91 Å². The molecule has 116 valence electrons. The van der Waals surface area contributed by atoms with Crippen molar-refractivity contribution in [2.24, 2.45) is 5.92 Å². The van der Waals surface area contributed by atoms with E-state index in [0.717, 1.165) is 6.42 Å². The van der Waals surface area contributed by atoms with Gasteiger partial charge >= 0.3 is 0 Å². The topological polar surface area (TPSA) is 47.6 Å². The third-order valence-electron chi connectivity index (χ3n) is 4.08. The van der Waals surface area contributed by atoms with Crippen LogP contribution in [-0.2, 0) is 4.74 Å². The van der Waals surface area contributed by atoms with Gasteiger partial charge in [0.05, 0.1) is 19.8 Å². The van der Waals surface area contributed by atoms with Gasteiger partial charge in [-0.2, -0.15) is 0 Å². The Kier molecular flexibility index (Phi) is 6.05. The van der Waals surface area contributed by atoms with E-state index in [1.165, 1.54) is 19.3 Å².